The molecule has 0 aliphatic carbocycles. The van der Waals surface area contributed by atoms with Gasteiger partial charge in [0, 0.05) is 45.1 Å². The summed E-state index contributed by atoms with van der Waals surface area (Å²) in [5.41, 5.74) is 2.36. The molecule has 9 heteroatoms. The second-order valence-electron chi connectivity index (χ2n) is 8.91. The van der Waals surface area contributed by atoms with Crippen LogP contribution in [0.25, 0.3) is 11.5 Å². The maximum Gasteiger partial charge on any atom is 0.259 e. The van der Waals surface area contributed by atoms with Crippen molar-refractivity contribution in [2.45, 2.75) is 6.54 Å². The number of piperazine rings is 1. The fraction of sp³-hybridized carbons (Fsp3) is 0.259. The average Bonchev–Trinajstić information content (AvgIpc) is 3.59. The Bertz CT molecular complexity index is 1360. The molecular weight excluding hydrogens is 461 g/mol. The summed E-state index contributed by atoms with van der Waals surface area (Å²) in [7, 11) is 0. The normalized spacial score (nSPS) is 15.8. The first kappa shape index (κ1) is 22.4. The molecule has 0 N–H and O–H groups in total. The van der Waals surface area contributed by atoms with Crippen molar-refractivity contribution in [1.82, 2.24) is 24.1 Å². The monoisotopic (exact) mass is 487 g/mol. The number of carbonyl (C=O) groups is 1. The lowest BCUT2D eigenvalue weighted by atomic mass is 10.1. The molecule has 36 heavy (non-hydrogen) atoms. The standard InChI is InChI=1S/C27H26FN5O3/c28-21-4-6-22(7-5-21)33-26(31-9-1-2-10-31)23(18-29-33)27(34)32-13-11-30(12-14-32)19-20-3-8-24-25(17-20)36-16-15-35-24/h1-10,17-18H,11-16,19H2. The molecule has 0 bridgehead atoms. The van der Waals surface area contributed by atoms with Gasteiger partial charge in [-0.3, -0.25) is 9.69 Å². The molecule has 0 radical (unpaired) electrons. The molecule has 2 aliphatic rings. The van der Waals surface area contributed by atoms with Gasteiger partial charge in [-0.15, -0.1) is 0 Å². The first-order valence-electron chi connectivity index (χ1n) is 12.0. The minimum absolute atomic E-state index is 0.0639. The van der Waals surface area contributed by atoms with Crippen LogP contribution in [-0.2, 0) is 6.54 Å². The van der Waals surface area contributed by atoms with Gasteiger partial charge in [0.15, 0.2) is 17.3 Å². The molecule has 1 amide bonds. The van der Waals surface area contributed by atoms with Gasteiger partial charge in [0.2, 0.25) is 0 Å². The Morgan fingerprint density at radius 2 is 1.64 bits per heavy atom. The highest BCUT2D eigenvalue weighted by atomic mass is 19.1. The van der Waals surface area contributed by atoms with E-state index in [9.17, 15) is 9.18 Å². The van der Waals surface area contributed by atoms with Crippen molar-refractivity contribution in [1.29, 1.82) is 0 Å². The molecule has 1 fully saturated rings. The van der Waals surface area contributed by atoms with Crippen molar-refractivity contribution >= 4 is 5.91 Å². The van der Waals surface area contributed by atoms with E-state index in [-0.39, 0.29) is 11.7 Å². The van der Waals surface area contributed by atoms with Gasteiger partial charge < -0.3 is 18.9 Å². The zero-order valence-corrected chi connectivity index (χ0v) is 19.7. The van der Waals surface area contributed by atoms with Crippen molar-refractivity contribution in [3.63, 3.8) is 0 Å². The van der Waals surface area contributed by atoms with Crippen molar-refractivity contribution in [3.05, 3.63) is 90.1 Å². The second-order valence-corrected chi connectivity index (χ2v) is 8.91. The number of benzene rings is 2. The first-order chi connectivity index (χ1) is 17.7. The summed E-state index contributed by atoms with van der Waals surface area (Å²) in [6, 6.07) is 15.9. The van der Waals surface area contributed by atoms with Crippen LogP contribution in [0.3, 0.4) is 0 Å². The third-order valence-electron chi connectivity index (χ3n) is 6.57. The summed E-state index contributed by atoms with van der Waals surface area (Å²) in [5.74, 6) is 1.84. The average molecular weight is 488 g/mol. The highest BCUT2D eigenvalue weighted by Gasteiger charge is 2.27. The molecule has 0 spiro atoms. The summed E-state index contributed by atoms with van der Waals surface area (Å²) in [6.45, 7) is 4.72. The number of amides is 1. The van der Waals surface area contributed by atoms with Crippen molar-refractivity contribution in [2.24, 2.45) is 0 Å². The molecule has 0 unspecified atom stereocenters. The molecule has 184 valence electrons. The fourth-order valence-electron chi connectivity index (χ4n) is 4.71. The molecule has 1 saturated heterocycles. The minimum atomic E-state index is -0.321. The third kappa shape index (κ3) is 4.33. The summed E-state index contributed by atoms with van der Waals surface area (Å²) in [5, 5.41) is 4.49. The lowest BCUT2D eigenvalue weighted by molar-refractivity contribution is 0.0628. The third-order valence-corrected chi connectivity index (χ3v) is 6.57. The Labute approximate surface area is 208 Å². The van der Waals surface area contributed by atoms with Gasteiger partial charge in [-0.2, -0.15) is 5.10 Å². The summed E-state index contributed by atoms with van der Waals surface area (Å²) >= 11 is 0. The Hall–Kier alpha value is -4.11. The van der Waals surface area contributed by atoms with Crippen LogP contribution in [-0.4, -0.2) is 69.4 Å². The number of hydrogen-bond acceptors (Lipinski definition) is 5. The predicted octanol–water partition coefficient (Wildman–Crippen LogP) is 3.53. The zero-order valence-electron chi connectivity index (χ0n) is 19.7. The molecule has 2 aromatic heterocycles. The van der Waals surface area contributed by atoms with Crippen LogP contribution >= 0.6 is 0 Å². The Morgan fingerprint density at radius 1 is 0.917 bits per heavy atom. The van der Waals surface area contributed by atoms with E-state index in [4.69, 9.17) is 9.47 Å². The highest BCUT2D eigenvalue weighted by molar-refractivity contribution is 5.97. The quantitative estimate of drug-likeness (QED) is 0.431. The molecule has 0 saturated carbocycles. The van der Waals surface area contributed by atoms with Gasteiger partial charge >= 0.3 is 0 Å². The van der Waals surface area contributed by atoms with Crippen molar-refractivity contribution in [3.8, 4) is 23.0 Å². The second kappa shape index (κ2) is 9.50. The van der Waals surface area contributed by atoms with Gasteiger partial charge in [-0.25, -0.2) is 9.07 Å². The van der Waals surface area contributed by atoms with Crippen LogP contribution < -0.4 is 9.47 Å². The Balaban J connectivity index is 1.17. The number of halogens is 1. The van der Waals surface area contributed by atoms with Crippen LogP contribution in [0.1, 0.15) is 15.9 Å². The van der Waals surface area contributed by atoms with Crippen molar-refractivity contribution in [2.75, 3.05) is 39.4 Å². The van der Waals surface area contributed by atoms with Crippen molar-refractivity contribution < 1.29 is 18.7 Å². The van der Waals surface area contributed by atoms with Gasteiger partial charge in [-0.05, 0) is 54.1 Å². The van der Waals surface area contributed by atoms with E-state index in [2.05, 4.69) is 16.1 Å². The number of fused-ring (bicyclic) bond motifs is 1. The highest BCUT2D eigenvalue weighted by Crippen LogP contribution is 2.31. The Kier molecular flexibility index (Phi) is 5.90. The van der Waals surface area contributed by atoms with Gasteiger partial charge in [0.05, 0.1) is 11.9 Å². The lowest BCUT2D eigenvalue weighted by Crippen LogP contribution is -2.48. The van der Waals surface area contributed by atoms with E-state index in [0.717, 1.165) is 36.7 Å². The molecule has 2 aromatic carbocycles. The van der Waals surface area contributed by atoms with Gasteiger partial charge in [-0.1, -0.05) is 6.07 Å². The number of hydrogen-bond donors (Lipinski definition) is 0. The maximum absolute atomic E-state index is 13.6. The molecule has 0 atom stereocenters. The number of nitrogens with zero attached hydrogens (tertiary/aromatic N) is 5. The van der Waals surface area contributed by atoms with E-state index in [0.29, 0.717) is 43.4 Å². The van der Waals surface area contributed by atoms with E-state index in [1.54, 1.807) is 23.0 Å². The topological polar surface area (TPSA) is 64.8 Å². The summed E-state index contributed by atoms with van der Waals surface area (Å²) in [4.78, 5) is 17.8. The lowest BCUT2D eigenvalue weighted by Gasteiger charge is -2.35. The zero-order chi connectivity index (χ0) is 24.5. The molecule has 2 aliphatic heterocycles. The van der Waals surface area contributed by atoms with Crippen LogP contribution in [0.5, 0.6) is 11.5 Å². The number of rotatable bonds is 5. The smallest absolute Gasteiger partial charge is 0.259 e. The molecule has 6 rings (SSSR count). The molecule has 8 nitrogen and oxygen atoms in total. The predicted molar refractivity (Wildman–Crippen MR) is 131 cm³/mol. The van der Waals surface area contributed by atoms with E-state index in [1.165, 1.54) is 12.1 Å². The first-order valence-corrected chi connectivity index (χ1v) is 12.0. The molecule has 4 aromatic rings. The number of ether oxygens (including phenoxy) is 2. The van der Waals surface area contributed by atoms with Crippen LogP contribution in [0, 0.1) is 5.82 Å². The van der Waals surface area contributed by atoms with E-state index < -0.39 is 0 Å². The molecule has 4 heterocycles. The van der Waals surface area contributed by atoms with Crippen LogP contribution in [0.15, 0.2) is 73.2 Å². The maximum atomic E-state index is 13.6. The number of aromatic nitrogens is 3. The van der Waals surface area contributed by atoms with Gasteiger partial charge in [0.1, 0.15) is 24.6 Å². The fourth-order valence-corrected chi connectivity index (χ4v) is 4.71. The van der Waals surface area contributed by atoms with Crippen LogP contribution in [0.2, 0.25) is 0 Å². The van der Waals surface area contributed by atoms with E-state index in [1.807, 2.05) is 46.1 Å². The van der Waals surface area contributed by atoms with E-state index >= 15 is 0 Å². The number of carbonyl (C=O) groups excluding carboxylic acids is 1. The minimum Gasteiger partial charge on any atom is -0.486 e. The SMILES string of the molecule is O=C(c1cnn(-c2ccc(F)cc2)c1-n1cccc1)N1CCN(Cc2ccc3c(c2)OCCO3)CC1. The largest absolute Gasteiger partial charge is 0.486 e. The summed E-state index contributed by atoms with van der Waals surface area (Å²) < 4.78 is 28.3. The van der Waals surface area contributed by atoms with Crippen LogP contribution in [0.4, 0.5) is 4.39 Å². The summed E-state index contributed by atoms with van der Waals surface area (Å²) in [6.07, 6.45) is 5.35. The Morgan fingerprint density at radius 3 is 2.39 bits per heavy atom. The van der Waals surface area contributed by atoms with Gasteiger partial charge in [0.25, 0.3) is 5.91 Å². The molecular formula is C27H26FN5O3.